The minimum Gasteiger partial charge on any atom is -0.339 e. The Hall–Kier alpha value is -4.24. The topological polar surface area (TPSA) is 112 Å². The summed E-state index contributed by atoms with van der Waals surface area (Å²) in [4.78, 5) is 24.1. The third-order valence-corrected chi connectivity index (χ3v) is 6.00. The van der Waals surface area contributed by atoms with E-state index in [-0.39, 0.29) is 7.43 Å². The van der Waals surface area contributed by atoms with Gasteiger partial charge in [0.25, 0.3) is 0 Å². The van der Waals surface area contributed by atoms with E-state index in [0.717, 1.165) is 48.3 Å². The van der Waals surface area contributed by atoms with Gasteiger partial charge in [0.2, 0.25) is 11.7 Å². The summed E-state index contributed by atoms with van der Waals surface area (Å²) in [6.07, 6.45) is 17.5. The van der Waals surface area contributed by atoms with Gasteiger partial charge < -0.3 is 9.84 Å². The van der Waals surface area contributed by atoms with Crippen LogP contribution >= 0.6 is 0 Å². The summed E-state index contributed by atoms with van der Waals surface area (Å²) in [7, 11) is 0. The molecular weight excluding hydrogens is 466 g/mol. The molecule has 0 spiro atoms. The average Bonchev–Trinajstić information content (AvgIpc) is 3.48. The first-order valence-electron chi connectivity index (χ1n) is 12.1. The van der Waals surface area contributed by atoms with Gasteiger partial charge in [-0.25, -0.2) is 4.68 Å². The lowest BCUT2D eigenvalue weighted by atomic mass is 10.0. The van der Waals surface area contributed by atoms with Crippen LogP contribution in [0.2, 0.25) is 0 Å². The van der Waals surface area contributed by atoms with Crippen LogP contribution in [0.4, 0.5) is 0 Å². The van der Waals surface area contributed by atoms with Crippen molar-refractivity contribution in [3.63, 3.8) is 0 Å². The molecule has 0 aromatic carbocycles. The second-order valence-corrected chi connectivity index (χ2v) is 8.52. The van der Waals surface area contributed by atoms with E-state index < -0.39 is 0 Å². The van der Waals surface area contributed by atoms with Gasteiger partial charge >= 0.3 is 0 Å². The second kappa shape index (κ2) is 12.6. The van der Waals surface area contributed by atoms with Crippen molar-refractivity contribution < 1.29 is 9.32 Å². The van der Waals surface area contributed by atoms with Gasteiger partial charge in [0.1, 0.15) is 11.4 Å². The van der Waals surface area contributed by atoms with Crippen molar-refractivity contribution in [2.45, 2.75) is 45.6 Å². The number of allylic oxidation sites excluding steroid dienone is 2. The van der Waals surface area contributed by atoms with E-state index in [9.17, 15) is 4.79 Å². The Balaban J connectivity index is 0.000000168. The highest BCUT2D eigenvalue weighted by Crippen LogP contribution is 2.27. The predicted molar refractivity (Wildman–Crippen MR) is 143 cm³/mol. The smallest absolute Gasteiger partial charge is 0.228 e. The monoisotopic (exact) mass is 497 g/mol. The van der Waals surface area contributed by atoms with E-state index >= 15 is 0 Å². The van der Waals surface area contributed by atoms with Crippen LogP contribution in [0, 0.1) is 0 Å². The predicted octanol–water partition coefficient (Wildman–Crippen LogP) is 5.10. The highest BCUT2D eigenvalue weighted by molar-refractivity contribution is 5.89. The van der Waals surface area contributed by atoms with Crippen LogP contribution in [0.15, 0.2) is 65.5 Å². The van der Waals surface area contributed by atoms with E-state index in [2.05, 4.69) is 30.5 Å². The molecule has 9 heteroatoms. The third kappa shape index (κ3) is 6.31. The summed E-state index contributed by atoms with van der Waals surface area (Å²) in [6.45, 7) is 1.09. The van der Waals surface area contributed by atoms with Crippen molar-refractivity contribution in [1.82, 2.24) is 35.2 Å². The van der Waals surface area contributed by atoms with Crippen molar-refractivity contribution in [2.24, 2.45) is 0 Å². The number of carbonyl (C=O) groups excluding carboxylic acids is 1. The van der Waals surface area contributed by atoms with Crippen LogP contribution in [-0.2, 0) is 6.42 Å². The highest BCUT2D eigenvalue weighted by Gasteiger charge is 2.18. The fourth-order valence-electron chi connectivity index (χ4n) is 4.26. The molecule has 4 aromatic heterocycles. The summed E-state index contributed by atoms with van der Waals surface area (Å²) >= 11 is 0. The maximum absolute atomic E-state index is 11.2. The van der Waals surface area contributed by atoms with Crippen LogP contribution in [0.25, 0.3) is 35.1 Å². The van der Waals surface area contributed by atoms with E-state index in [4.69, 9.17) is 4.52 Å². The molecule has 2 aliphatic heterocycles. The molecule has 1 atom stereocenters. The van der Waals surface area contributed by atoms with Gasteiger partial charge in [-0.15, -0.1) is 0 Å². The zero-order chi connectivity index (χ0) is 24.6. The fourth-order valence-corrected chi connectivity index (χ4v) is 4.26. The molecule has 9 nitrogen and oxygen atoms in total. The average molecular weight is 498 g/mol. The van der Waals surface area contributed by atoms with Crippen LogP contribution < -0.4 is 5.32 Å². The van der Waals surface area contributed by atoms with Gasteiger partial charge in [0.15, 0.2) is 6.29 Å². The van der Waals surface area contributed by atoms with Crippen molar-refractivity contribution in [2.75, 3.05) is 6.54 Å². The van der Waals surface area contributed by atoms with Gasteiger partial charge in [0.05, 0.1) is 17.0 Å². The minimum absolute atomic E-state index is 0. The summed E-state index contributed by atoms with van der Waals surface area (Å²) in [5.74, 6) is 1.26. The SMILES string of the molecule is C.O=Cc1nn2c(c1-c1ccccn1)C=CCC=C2.c1ccc(-c2noc(C[C@@H]3CCCCN3)n2)nc1. The summed E-state index contributed by atoms with van der Waals surface area (Å²) in [5.41, 5.74) is 3.61. The summed E-state index contributed by atoms with van der Waals surface area (Å²) in [5, 5.41) is 11.7. The van der Waals surface area contributed by atoms with Gasteiger partial charge in [-0.3, -0.25) is 14.8 Å². The lowest BCUT2D eigenvalue weighted by molar-refractivity contribution is 0.111. The minimum atomic E-state index is 0. The van der Waals surface area contributed by atoms with E-state index in [1.54, 1.807) is 17.1 Å². The molecule has 1 N–H and O–H groups in total. The number of fused-ring (bicyclic) bond motifs is 1. The lowest BCUT2D eigenvalue weighted by Gasteiger charge is -2.21. The molecule has 0 saturated carbocycles. The zero-order valence-electron chi connectivity index (χ0n) is 19.8. The van der Waals surface area contributed by atoms with Gasteiger partial charge in [-0.2, -0.15) is 10.1 Å². The number of piperidine rings is 1. The Morgan fingerprint density at radius 3 is 2.57 bits per heavy atom. The molecule has 6 heterocycles. The number of rotatable bonds is 5. The zero-order valence-corrected chi connectivity index (χ0v) is 19.8. The standard InChI is InChI=1S/C14H11N3O.C13H16N4O.CH4/c18-10-12-14(11-6-3-4-8-15-11)13-7-2-1-5-9-17(13)16-12;1-3-7-14-10(5-1)9-12-16-13(17-18-12)11-6-2-4-8-15-11;/h2-10H,1H2;2,4,6,8,10,14H,1,3,5,7,9H2;1H4/t;10-;/m.0./s1. The molecule has 0 aliphatic carbocycles. The molecular formula is C28H31N7O2. The number of hydrogen-bond acceptors (Lipinski definition) is 8. The van der Waals surface area contributed by atoms with Crippen LogP contribution in [0.3, 0.4) is 0 Å². The lowest BCUT2D eigenvalue weighted by Crippen LogP contribution is -2.35. The van der Waals surface area contributed by atoms with E-state index in [1.165, 1.54) is 19.3 Å². The largest absolute Gasteiger partial charge is 0.339 e. The molecule has 4 aromatic rings. The Bertz CT molecular complexity index is 1340. The summed E-state index contributed by atoms with van der Waals surface area (Å²) in [6, 6.07) is 11.8. The van der Waals surface area contributed by atoms with Crippen molar-refractivity contribution in [1.29, 1.82) is 0 Å². The van der Waals surface area contributed by atoms with Crippen molar-refractivity contribution in [3.05, 3.63) is 78.2 Å². The quantitative estimate of drug-likeness (QED) is 0.379. The number of hydrogen-bond donors (Lipinski definition) is 1. The molecule has 1 fully saturated rings. The fraction of sp³-hybridized carbons (Fsp3) is 0.286. The Kier molecular flexibility index (Phi) is 8.83. The number of pyridine rings is 2. The number of aldehydes is 1. The highest BCUT2D eigenvalue weighted by atomic mass is 16.5. The van der Waals surface area contributed by atoms with Crippen LogP contribution in [0.5, 0.6) is 0 Å². The first-order valence-corrected chi connectivity index (χ1v) is 12.1. The third-order valence-electron chi connectivity index (χ3n) is 6.00. The van der Waals surface area contributed by atoms with Gasteiger partial charge in [-0.1, -0.05) is 43.3 Å². The molecule has 0 unspecified atom stereocenters. The van der Waals surface area contributed by atoms with Gasteiger partial charge in [-0.05, 0) is 56.1 Å². The van der Waals surface area contributed by atoms with Crippen molar-refractivity contribution in [3.8, 4) is 22.8 Å². The summed E-state index contributed by atoms with van der Waals surface area (Å²) < 4.78 is 7.00. The first kappa shape index (κ1) is 25.8. The van der Waals surface area contributed by atoms with E-state index in [0.29, 0.717) is 23.5 Å². The normalized spacial score (nSPS) is 16.1. The molecule has 6 rings (SSSR count). The maximum atomic E-state index is 11.2. The number of aromatic nitrogens is 6. The molecule has 0 radical (unpaired) electrons. The van der Waals surface area contributed by atoms with E-state index in [1.807, 2.05) is 60.8 Å². The molecule has 1 saturated heterocycles. The first-order chi connectivity index (χ1) is 17.8. The maximum Gasteiger partial charge on any atom is 0.228 e. The second-order valence-electron chi connectivity index (χ2n) is 8.52. The molecule has 0 amide bonds. The Morgan fingerprint density at radius 1 is 1.05 bits per heavy atom. The molecule has 2 aliphatic rings. The molecule has 190 valence electrons. The van der Waals surface area contributed by atoms with Crippen LogP contribution in [0.1, 0.15) is 55.2 Å². The van der Waals surface area contributed by atoms with Crippen LogP contribution in [-0.4, -0.2) is 48.8 Å². The molecule has 0 bridgehead atoms. The Morgan fingerprint density at radius 2 is 1.86 bits per heavy atom. The Labute approximate surface area is 216 Å². The number of nitrogens with zero attached hydrogens (tertiary/aromatic N) is 6. The van der Waals surface area contributed by atoms with Crippen molar-refractivity contribution >= 4 is 18.6 Å². The number of nitrogens with one attached hydrogen (secondary N) is 1. The molecule has 37 heavy (non-hydrogen) atoms. The van der Waals surface area contributed by atoms with Gasteiger partial charge in [0, 0.05) is 31.1 Å². The number of carbonyl (C=O) groups is 1.